The molecule has 1 aliphatic rings. The van der Waals surface area contributed by atoms with Gasteiger partial charge in [0.2, 0.25) is 0 Å². The first kappa shape index (κ1) is 17.9. The van der Waals surface area contributed by atoms with Gasteiger partial charge >= 0.3 is 0 Å². The molecule has 144 valence electrons. The third kappa shape index (κ3) is 3.64. The Kier molecular flexibility index (Phi) is 4.88. The summed E-state index contributed by atoms with van der Waals surface area (Å²) in [5, 5.41) is 9.27. The van der Waals surface area contributed by atoms with E-state index >= 15 is 0 Å². The molecule has 3 aromatic heterocycles. The van der Waals surface area contributed by atoms with E-state index < -0.39 is 5.91 Å². The Morgan fingerprint density at radius 2 is 2.14 bits per heavy atom. The highest BCUT2D eigenvalue weighted by Gasteiger charge is 2.27. The molecule has 9 heteroatoms. The molecule has 0 radical (unpaired) electrons. The molecule has 4 heterocycles. The molecule has 0 fully saturated rings. The largest absolute Gasteiger partial charge is 0.360 e. The molecule has 3 aromatic rings. The van der Waals surface area contributed by atoms with E-state index in [4.69, 9.17) is 4.52 Å². The van der Waals surface area contributed by atoms with Gasteiger partial charge in [0.15, 0.2) is 11.6 Å². The summed E-state index contributed by atoms with van der Waals surface area (Å²) < 4.78 is 6.79. The molecule has 0 spiro atoms. The summed E-state index contributed by atoms with van der Waals surface area (Å²) in [5.74, 6) is 0.387. The van der Waals surface area contributed by atoms with Crippen molar-refractivity contribution in [1.82, 2.24) is 25.0 Å². The number of rotatable bonds is 5. The number of hydrogen-bond acceptors (Lipinski definition) is 6. The lowest BCUT2D eigenvalue weighted by atomic mass is 10.1. The van der Waals surface area contributed by atoms with Crippen LogP contribution in [0.1, 0.15) is 51.1 Å². The summed E-state index contributed by atoms with van der Waals surface area (Å²) in [7, 11) is 0. The molecule has 0 unspecified atom stereocenters. The van der Waals surface area contributed by atoms with E-state index in [9.17, 15) is 9.59 Å². The van der Waals surface area contributed by atoms with Crippen LogP contribution in [-0.2, 0) is 19.5 Å². The molecular formula is C19H20N6O3. The first-order chi connectivity index (χ1) is 13.6. The van der Waals surface area contributed by atoms with Gasteiger partial charge in [-0.25, -0.2) is 4.98 Å². The Hall–Kier alpha value is -3.49. The Balaban J connectivity index is 1.56. The van der Waals surface area contributed by atoms with Gasteiger partial charge in [-0.2, -0.15) is 0 Å². The summed E-state index contributed by atoms with van der Waals surface area (Å²) in [4.78, 5) is 34.0. The maximum absolute atomic E-state index is 12.7. The smallest absolute Gasteiger partial charge is 0.292 e. The zero-order chi connectivity index (χ0) is 19.5. The zero-order valence-electron chi connectivity index (χ0n) is 15.4. The SMILES string of the molecule is Cc1cc(NC(=O)c2nc(C(=O)NCc3ccccn3)c3n2CCCC3)no1. The molecule has 0 saturated heterocycles. The summed E-state index contributed by atoms with van der Waals surface area (Å²) in [5.41, 5.74) is 1.83. The summed E-state index contributed by atoms with van der Waals surface area (Å²) in [6.45, 7) is 2.69. The average Bonchev–Trinajstić information content (AvgIpc) is 3.30. The van der Waals surface area contributed by atoms with Crippen LogP contribution < -0.4 is 10.6 Å². The molecule has 0 saturated carbocycles. The third-order valence-corrected chi connectivity index (χ3v) is 4.56. The van der Waals surface area contributed by atoms with Gasteiger partial charge in [-0.3, -0.25) is 14.6 Å². The number of fused-ring (bicyclic) bond motifs is 1. The predicted octanol–water partition coefficient (Wildman–Crippen LogP) is 2.09. The lowest BCUT2D eigenvalue weighted by molar-refractivity contribution is 0.0944. The van der Waals surface area contributed by atoms with E-state index in [-0.39, 0.29) is 17.4 Å². The highest BCUT2D eigenvalue weighted by molar-refractivity contribution is 6.03. The first-order valence-electron chi connectivity index (χ1n) is 9.14. The van der Waals surface area contributed by atoms with Crippen LogP contribution in [0.4, 0.5) is 5.82 Å². The van der Waals surface area contributed by atoms with Crippen molar-refractivity contribution in [2.24, 2.45) is 0 Å². The van der Waals surface area contributed by atoms with E-state index in [1.165, 1.54) is 0 Å². The highest BCUT2D eigenvalue weighted by atomic mass is 16.5. The third-order valence-electron chi connectivity index (χ3n) is 4.56. The maximum Gasteiger partial charge on any atom is 0.292 e. The minimum absolute atomic E-state index is 0.207. The lowest BCUT2D eigenvalue weighted by Gasteiger charge is -2.16. The van der Waals surface area contributed by atoms with Gasteiger partial charge in [-0.15, -0.1) is 0 Å². The van der Waals surface area contributed by atoms with Crippen molar-refractivity contribution in [3.63, 3.8) is 0 Å². The lowest BCUT2D eigenvalue weighted by Crippen LogP contribution is -2.25. The van der Waals surface area contributed by atoms with Crippen LogP contribution in [0.2, 0.25) is 0 Å². The monoisotopic (exact) mass is 380 g/mol. The Morgan fingerprint density at radius 1 is 1.25 bits per heavy atom. The van der Waals surface area contributed by atoms with Gasteiger partial charge in [0, 0.05) is 18.8 Å². The highest BCUT2D eigenvalue weighted by Crippen LogP contribution is 2.22. The minimum Gasteiger partial charge on any atom is -0.360 e. The topological polar surface area (TPSA) is 115 Å². The number of amides is 2. The normalized spacial score (nSPS) is 13.0. The molecule has 2 amide bonds. The van der Waals surface area contributed by atoms with Crippen LogP contribution in [0.3, 0.4) is 0 Å². The van der Waals surface area contributed by atoms with Gasteiger partial charge in [0.1, 0.15) is 11.5 Å². The van der Waals surface area contributed by atoms with Crippen LogP contribution >= 0.6 is 0 Å². The molecule has 0 aliphatic carbocycles. The van der Waals surface area contributed by atoms with E-state index in [0.717, 1.165) is 24.2 Å². The second-order valence-electron chi connectivity index (χ2n) is 6.62. The second-order valence-corrected chi connectivity index (χ2v) is 6.62. The van der Waals surface area contributed by atoms with Crippen LogP contribution in [0.15, 0.2) is 35.0 Å². The Bertz CT molecular complexity index is 1010. The summed E-state index contributed by atoms with van der Waals surface area (Å²) in [6, 6.07) is 7.14. The fourth-order valence-electron chi connectivity index (χ4n) is 3.25. The number of anilines is 1. The van der Waals surface area contributed by atoms with Crippen molar-refractivity contribution in [2.75, 3.05) is 5.32 Å². The number of nitrogens with one attached hydrogen (secondary N) is 2. The molecule has 28 heavy (non-hydrogen) atoms. The van der Waals surface area contributed by atoms with Crippen molar-refractivity contribution in [3.8, 4) is 0 Å². The molecule has 0 bridgehead atoms. The van der Waals surface area contributed by atoms with Gasteiger partial charge in [-0.1, -0.05) is 11.2 Å². The van der Waals surface area contributed by atoms with Crippen LogP contribution in [0.5, 0.6) is 0 Å². The number of carbonyl (C=O) groups is 2. The molecule has 1 aliphatic heterocycles. The van der Waals surface area contributed by atoms with Gasteiger partial charge < -0.3 is 19.7 Å². The standard InChI is InChI=1S/C19H20N6O3/c1-12-10-15(24-28-12)22-19(27)17-23-16(14-7-3-5-9-25(14)17)18(26)21-11-13-6-2-4-8-20-13/h2,4,6,8,10H,3,5,7,9,11H2,1H3,(H,21,26)(H,22,24,27). The zero-order valence-corrected chi connectivity index (χ0v) is 15.4. The van der Waals surface area contributed by atoms with E-state index in [2.05, 4.69) is 25.8 Å². The van der Waals surface area contributed by atoms with Crippen LogP contribution in [0, 0.1) is 6.92 Å². The minimum atomic E-state index is -0.416. The van der Waals surface area contributed by atoms with Crippen molar-refractivity contribution in [2.45, 2.75) is 39.3 Å². The number of imidazole rings is 1. The van der Waals surface area contributed by atoms with Crippen molar-refractivity contribution in [1.29, 1.82) is 0 Å². The molecular weight excluding hydrogens is 360 g/mol. The van der Waals surface area contributed by atoms with E-state index in [1.807, 2.05) is 22.8 Å². The van der Waals surface area contributed by atoms with Crippen molar-refractivity contribution in [3.05, 3.63) is 59.1 Å². The number of carbonyl (C=O) groups excluding carboxylic acids is 2. The number of aryl methyl sites for hydroxylation is 1. The summed E-state index contributed by atoms with van der Waals surface area (Å²) >= 11 is 0. The number of hydrogen-bond donors (Lipinski definition) is 2. The van der Waals surface area contributed by atoms with Crippen molar-refractivity contribution >= 4 is 17.6 Å². The number of nitrogens with zero attached hydrogens (tertiary/aromatic N) is 4. The molecule has 2 N–H and O–H groups in total. The van der Waals surface area contributed by atoms with Crippen molar-refractivity contribution < 1.29 is 14.1 Å². The fourth-order valence-corrected chi connectivity index (χ4v) is 3.25. The summed E-state index contributed by atoms with van der Waals surface area (Å²) in [6.07, 6.45) is 4.27. The van der Waals surface area contributed by atoms with Crippen LogP contribution in [0.25, 0.3) is 0 Å². The molecule has 0 aromatic carbocycles. The molecule has 0 atom stereocenters. The molecule has 9 nitrogen and oxygen atoms in total. The van der Waals surface area contributed by atoms with Crippen LogP contribution in [-0.4, -0.2) is 31.5 Å². The molecule has 4 rings (SSSR count). The number of aromatic nitrogens is 4. The fraction of sp³-hybridized carbons (Fsp3) is 0.316. The van der Waals surface area contributed by atoms with E-state index in [1.54, 1.807) is 19.2 Å². The Labute approximate surface area is 161 Å². The predicted molar refractivity (Wildman–Crippen MR) is 99.8 cm³/mol. The Morgan fingerprint density at radius 3 is 2.89 bits per heavy atom. The second kappa shape index (κ2) is 7.63. The van der Waals surface area contributed by atoms with Gasteiger partial charge in [0.05, 0.1) is 17.9 Å². The first-order valence-corrected chi connectivity index (χ1v) is 9.14. The number of pyridine rings is 1. The average molecular weight is 380 g/mol. The quantitative estimate of drug-likeness (QED) is 0.700. The van der Waals surface area contributed by atoms with E-state index in [0.29, 0.717) is 31.1 Å². The van der Waals surface area contributed by atoms with Gasteiger partial charge in [-0.05, 0) is 38.3 Å². The maximum atomic E-state index is 12.7. The van der Waals surface area contributed by atoms with Gasteiger partial charge in [0.25, 0.3) is 11.8 Å².